The highest BCUT2D eigenvalue weighted by Crippen LogP contribution is 2.33. The summed E-state index contributed by atoms with van der Waals surface area (Å²) in [5.41, 5.74) is 2.05. The normalized spacial score (nSPS) is 18.0. The molecule has 1 fully saturated rings. The van der Waals surface area contributed by atoms with Gasteiger partial charge in [-0.15, -0.1) is 0 Å². The van der Waals surface area contributed by atoms with Crippen molar-refractivity contribution in [1.29, 1.82) is 0 Å². The van der Waals surface area contributed by atoms with Crippen molar-refractivity contribution in [2.75, 3.05) is 20.4 Å². The number of carbonyl (C=O) groups is 2. The highest BCUT2D eigenvalue weighted by atomic mass is 16.7. The van der Waals surface area contributed by atoms with Gasteiger partial charge in [-0.05, 0) is 23.3 Å². The molecular formula is C21H22N2O4. The maximum Gasteiger partial charge on any atom is 0.231 e. The molecule has 2 aliphatic heterocycles. The van der Waals surface area contributed by atoms with E-state index in [-0.39, 0.29) is 30.9 Å². The van der Waals surface area contributed by atoms with E-state index < -0.39 is 0 Å². The van der Waals surface area contributed by atoms with E-state index in [0.29, 0.717) is 25.4 Å². The Morgan fingerprint density at radius 2 is 1.89 bits per heavy atom. The number of ether oxygens (including phenoxy) is 2. The second kappa shape index (κ2) is 7.31. The summed E-state index contributed by atoms with van der Waals surface area (Å²) >= 11 is 0. The maximum absolute atomic E-state index is 12.8. The van der Waals surface area contributed by atoms with Crippen molar-refractivity contribution in [2.24, 2.45) is 5.92 Å². The Morgan fingerprint density at radius 1 is 1.11 bits per heavy atom. The molecule has 1 saturated heterocycles. The number of hydrogen-bond donors (Lipinski definition) is 0. The van der Waals surface area contributed by atoms with E-state index >= 15 is 0 Å². The van der Waals surface area contributed by atoms with Gasteiger partial charge in [-0.2, -0.15) is 0 Å². The summed E-state index contributed by atoms with van der Waals surface area (Å²) in [7, 11) is 1.79. The molecule has 6 nitrogen and oxygen atoms in total. The minimum Gasteiger partial charge on any atom is -0.454 e. The lowest BCUT2D eigenvalue weighted by atomic mass is 10.1. The second-order valence-electron chi connectivity index (χ2n) is 7.04. The van der Waals surface area contributed by atoms with E-state index in [9.17, 15) is 9.59 Å². The quantitative estimate of drug-likeness (QED) is 0.815. The lowest BCUT2D eigenvalue weighted by Gasteiger charge is -2.21. The van der Waals surface area contributed by atoms with Crippen LogP contribution < -0.4 is 9.47 Å². The number of carbonyl (C=O) groups excluding carboxylic acids is 2. The van der Waals surface area contributed by atoms with Gasteiger partial charge in [-0.3, -0.25) is 9.59 Å². The fourth-order valence-electron chi connectivity index (χ4n) is 3.60. The summed E-state index contributed by atoms with van der Waals surface area (Å²) in [5.74, 6) is 1.16. The summed E-state index contributed by atoms with van der Waals surface area (Å²) in [6.45, 7) is 1.70. The predicted molar refractivity (Wildman–Crippen MR) is 99.0 cm³/mol. The summed E-state index contributed by atoms with van der Waals surface area (Å²) in [6.07, 6.45) is 0.266. The molecule has 0 aromatic heterocycles. The van der Waals surface area contributed by atoms with Crippen molar-refractivity contribution >= 4 is 11.8 Å². The van der Waals surface area contributed by atoms with Gasteiger partial charge in [0.2, 0.25) is 18.6 Å². The Labute approximate surface area is 158 Å². The Balaban J connectivity index is 1.37. The fraction of sp³-hybridized carbons (Fsp3) is 0.333. The largest absolute Gasteiger partial charge is 0.454 e. The molecule has 2 aromatic rings. The molecule has 2 amide bonds. The summed E-state index contributed by atoms with van der Waals surface area (Å²) in [4.78, 5) is 28.6. The highest BCUT2D eigenvalue weighted by Gasteiger charge is 2.35. The van der Waals surface area contributed by atoms with Crippen LogP contribution in [0.15, 0.2) is 48.5 Å². The standard InChI is InChI=1S/C21H22N2O4/c1-22(11-15-5-3-2-4-6-15)21(25)17-10-20(24)23(13-17)12-16-7-8-18-19(9-16)27-14-26-18/h2-9,17H,10-14H2,1H3. The van der Waals surface area contributed by atoms with Gasteiger partial charge >= 0.3 is 0 Å². The van der Waals surface area contributed by atoms with E-state index in [4.69, 9.17) is 9.47 Å². The first-order valence-electron chi connectivity index (χ1n) is 9.05. The third-order valence-electron chi connectivity index (χ3n) is 5.01. The summed E-state index contributed by atoms with van der Waals surface area (Å²) in [6, 6.07) is 15.5. The molecule has 2 aromatic carbocycles. The molecular weight excluding hydrogens is 344 g/mol. The van der Waals surface area contributed by atoms with Crippen LogP contribution in [0.25, 0.3) is 0 Å². The molecule has 2 heterocycles. The number of nitrogens with zero attached hydrogens (tertiary/aromatic N) is 2. The molecule has 27 heavy (non-hydrogen) atoms. The monoisotopic (exact) mass is 366 g/mol. The van der Waals surface area contributed by atoms with Gasteiger partial charge in [0.25, 0.3) is 0 Å². The van der Waals surface area contributed by atoms with Crippen LogP contribution in [0.1, 0.15) is 17.5 Å². The van der Waals surface area contributed by atoms with Crippen LogP contribution >= 0.6 is 0 Å². The first-order valence-corrected chi connectivity index (χ1v) is 9.05. The van der Waals surface area contributed by atoms with Crippen molar-refractivity contribution < 1.29 is 19.1 Å². The van der Waals surface area contributed by atoms with E-state index in [1.807, 2.05) is 48.5 Å². The van der Waals surface area contributed by atoms with Crippen molar-refractivity contribution in [3.63, 3.8) is 0 Å². The van der Waals surface area contributed by atoms with Crippen LogP contribution in [-0.2, 0) is 22.7 Å². The van der Waals surface area contributed by atoms with Gasteiger partial charge in [-0.1, -0.05) is 36.4 Å². The molecule has 0 saturated carbocycles. The van der Waals surface area contributed by atoms with Crippen LogP contribution in [0.4, 0.5) is 0 Å². The third-order valence-corrected chi connectivity index (χ3v) is 5.01. The number of fused-ring (bicyclic) bond motifs is 1. The zero-order valence-electron chi connectivity index (χ0n) is 15.3. The molecule has 1 unspecified atom stereocenters. The van der Waals surface area contributed by atoms with Crippen molar-refractivity contribution in [2.45, 2.75) is 19.5 Å². The number of rotatable bonds is 5. The Hall–Kier alpha value is -3.02. The number of amides is 2. The lowest BCUT2D eigenvalue weighted by Crippen LogP contribution is -2.34. The third kappa shape index (κ3) is 3.74. The molecule has 0 aliphatic carbocycles. The van der Waals surface area contributed by atoms with E-state index in [2.05, 4.69) is 0 Å². The SMILES string of the molecule is CN(Cc1ccccc1)C(=O)C1CC(=O)N(Cc2ccc3c(c2)OCO3)C1. The van der Waals surface area contributed by atoms with E-state index in [0.717, 1.165) is 16.9 Å². The predicted octanol–water partition coefficient (Wildman–Crippen LogP) is 2.42. The minimum absolute atomic E-state index is 0.0131. The Kier molecular flexibility index (Phi) is 4.71. The molecule has 0 spiro atoms. The zero-order chi connectivity index (χ0) is 18.8. The van der Waals surface area contributed by atoms with Crippen LogP contribution in [0.2, 0.25) is 0 Å². The van der Waals surface area contributed by atoms with Crippen molar-refractivity contribution in [3.8, 4) is 11.5 Å². The molecule has 6 heteroatoms. The van der Waals surface area contributed by atoms with Crippen LogP contribution in [0.5, 0.6) is 11.5 Å². The smallest absolute Gasteiger partial charge is 0.231 e. The molecule has 2 aliphatic rings. The average Bonchev–Trinajstić information content (AvgIpc) is 3.28. The summed E-state index contributed by atoms with van der Waals surface area (Å²) in [5, 5.41) is 0. The van der Waals surface area contributed by atoms with Crippen LogP contribution in [0, 0.1) is 5.92 Å². The molecule has 140 valence electrons. The Bertz CT molecular complexity index is 853. The number of hydrogen-bond acceptors (Lipinski definition) is 4. The van der Waals surface area contributed by atoms with Crippen molar-refractivity contribution in [3.05, 3.63) is 59.7 Å². The lowest BCUT2D eigenvalue weighted by molar-refractivity contribution is -0.135. The topological polar surface area (TPSA) is 59.1 Å². The van der Waals surface area contributed by atoms with Gasteiger partial charge in [0.15, 0.2) is 11.5 Å². The molecule has 0 N–H and O–H groups in total. The fourth-order valence-corrected chi connectivity index (χ4v) is 3.60. The van der Waals surface area contributed by atoms with Crippen molar-refractivity contribution in [1.82, 2.24) is 9.80 Å². The van der Waals surface area contributed by atoms with Gasteiger partial charge in [0.1, 0.15) is 0 Å². The number of likely N-dealkylation sites (tertiary alicyclic amines) is 1. The zero-order valence-corrected chi connectivity index (χ0v) is 15.3. The van der Waals surface area contributed by atoms with Crippen LogP contribution in [-0.4, -0.2) is 42.0 Å². The number of benzene rings is 2. The second-order valence-corrected chi connectivity index (χ2v) is 7.04. The van der Waals surface area contributed by atoms with Crippen LogP contribution in [0.3, 0.4) is 0 Å². The highest BCUT2D eigenvalue weighted by molar-refractivity contribution is 5.89. The molecule has 4 rings (SSSR count). The van der Waals surface area contributed by atoms with E-state index in [1.54, 1.807) is 16.8 Å². The van der Waals surface area contributed by atoms with Gasteiger partial charge in [-0.25, -0.2) is 0 Å². The average molecular weight is 366 g/mol. The van der Waals surface area contributed by atoms with E-state index in [1.165, 1.54) is 0 Å². The first-order chi connectivity index (χ1) is 13.1. The molecule has 1 atom stereocenters. The minimum atomic E-state index is -0.291. The molecule has 0 bridgehead atoms. The first kappa shape index (κ1) is 17.4. The Morgan fingerprint density at radius 3 is 2.70 bits per heavy atom. The van der Waals surface area contributed by atoms with Gasteiger partial charge < -0.3 is 19.3 Å². The van der Waals surface area contributed by atoms with Gasteiger partial charge in [0, 0.05) is 33.1 Å². The summed E-state index contributed by atoms with van der Waals surface area (Å²) < 4.78 is 10.7. The van der Waals surface area contributed by atoms with Gasteiger partial charge in [0.05, 0.1) is 5.92 Å². The maximum atomic E-state index is 12.8. The molecule has 0 radical (unpaired) electrons.